The van der Waals surface area contributed by atoms with Crippen molar-refractivity contribution in [2.24, 2.45) is 0 Å². The minimum atomic E-state index is -3.78. The van der Waals surface area contributed by atoms with Crippen molar-refractivity contribution < 1.29 is 17.9 Å². The van der Waals surface area contributed by atoms with Gasteiger partial charge in [-0.25, -0.2) is 13.2 Å². The number of hydrogen-bond donors (Lipinski definition) is 0. The van der Waals surface area contributed by atoms with E-state index in [1.54, 1.807) is 21.0 Å². The molecule has 1 aliphatic rings. The number of esters is 1. The highest BCUT2D eigenvalue weighted by molar-refractivity contribution is 7.94. The van der Waals surface area contributed by atoms with Crippen LogP contribution in [0.3, 0.4) is 0 Å². The molecule has 0 saturated heterocycles. The van der Waals surface area contributed by atoms with E-state index < -0.39 is 16.0 Å². The quantitative estimate of drug-likeness (QED) is 0.518. The molecular formula is C11H20N2O4S. The summed E-state index contributed by atoms with van der Waals surface area (Å²) >= 11 is 0. The van der Waals surface area contributed by atoms with Crippen molar-refractivity contribution in [3.8, 4) is 0 Å². The Morgan fingerprint density at radius 3 is 2.28 bits per heavy atom. The molecule has 1 aliphatic carbocycles. The summed E-state index contributed by atoms with van der Waals surface area (Å²) in [6, 6.07) is 0.00925. The summed E-state index contributed by atoms with van der Waals surface area (Å²) in [6.45, 7) is 1.79. The molecule has 6 nitrogen and oxygen atoms in total. The van der Waals surface area contributed by atoms with Gasteiger partial charge in [0.2, 0.25) is 0 Å². The first kappa shape index (κ1) is 15.0. The van der Waals surface area contributed by atoms with Crippen LogP contribution in [0.25, 0.3) is 0 Å². The minimum Gasteiger partial charge on any atom is -0.462 e. The zero-order valence-electron chi connectivity index (χ0n) is 11.2. The van der Waals surface area contributed by atoms with Gasteiger partial charge in [-0.15, -0.1) is 0 Å². The Labute approximate surface area is 108 Å². The van der Waals surface area contributed by atoms with Crippen molar-refractivity contribution in [3.05, 3.63) is 11.1 Å². The number of ether oxygens (including phenoxy) is 1. The van der Waals surface area contributed by atoms with Crippen LogP contribution in [-0.2, 0) is 19.6 Å². The van der Waals surface area contributed by atoms with E-state index in [0.717, 1.165) is 12.8 Å². The summed E-state index contributed by atoms with van der Waals surface area (Å²) in [4.78, 5) is 13.0. The normalized spacial score (nSPS) is 16.8. The Hall–Kier alpha value is -1.08. The second kappa shape index (κ2) is 5.71. The summed E-state index contributed by atoms with van der Waals surface area (Å²) in [5.74, 6) is -0.807. The van der Waals surface area contributed by atoms with E-state index in [2.05, 4.69) is 0 Å². The van der Waals surface area contributed by atoms with E-state index in [-0.39, 0.29) is 17.6 Å². The van der Waals surface area contributed by atoms with Gasteiger partial charge in [0.25, 0.3) is 10.0 Å². The number of carbonyl (C=O) groups excluding carboxylic acids is 1. The van der Waals surface area contributed by atoms with Crippen molar-refractivity contribution in [3.63, 3.8) is 0 Å². The maximum absolute atomic E-state index is 12.3. The zero-order chi connectivity index (χ0) is 13.9. The molecule has 0 bridgehead atoms. The van der Waals surface area contributed by atoms with Gasteiger partial charge in [-0.3, -0.25) is 0 Å². The topological polar surface area (TPSA) is 66.9 Å². The summed E-state index contributed by atoms with van der Waals surface area (Å²) < 4.78 is 30.6. The molecule has 0 amide bonds. The molecule has 1 rings (SSSR count). The largest absolute Gasteiger partial charge is 0.462 e. The fraction of sp³-hybridized carbons (Fsp3) is 0.727. The highest BCUT2D eigenvalue weighted by Gasteiger charge is 2.39. The van der Waals surface area contributed by atoms with Gasteiger partial charge in [-0.2, -0.15) is 4.31 Å². The number of rotatable bonds is 6. The molecule has 1 saturated carbocycles. The average Bonchev–Trinajstić information content (AvgIpc) is 3.08. The van der Waals surface area contributed by atoms with Crippen molar-refractivity contribution in [2.75, 3.05) is 27.7 Å². The number of nitrogens with zero attached hydrogens (tertiary/aromatic N) is 2. The van der Waals surface area contributed by atoms with Crippen LogP contribution in [0, 0.1) is 0 Å². The van der Waals surface area contributed by atoms with E-state index in [1.807, 2.05) is 0 Å². The molecule has 1 fully saturated rings. The van der Waals surface area contributed by atoms with E-state index in [9.17, 15) is 13.2 Å². The molecule has 0 unspecified atom stereocenters. The number of hydrogen-bond acceptors (Lipinski definition) is 5. The highest BCUT2D eigenvalue weighted by atomic mass is 32.2. The van der Waals surface area contributed by atoms with Gasteiger partial charge < -0.3 is 9.64 Å². The predicted molar refractivity (Wildman–Crippen MR) is 68.1 cm³/mol. The molecule has 0 aromatic heterocycles. The summed E-state index contributed by atoms with van der Waals surface area (Å²) in [7, 11) is 1.04. The van der Waals surface area contributed by atoms with Crippen LogP contribution < -0.4 is 0 Å². The third-order valence-electron chi connectivity index (χ3n) is 2.57. The maximum atomic E-state index is 12.3. The molecule has 0 aromatic rings. The van der Waals surface area contributed by atoms with Crippen LogP contribution >= 0.6 is 0 Å². The molecule has 104 valence electrons. The van der Waals surface area contributed by atoms with Gasteiger partial charge in [-0.05, 0) is 19.8 Å². The maximum Gasteiger partial charge on any atom is 0.352 e. The number of sulfonamides is 1. The first-order chi connectivity index (χ1) is 8.30. The molecule has 0 spiro atoms. The van der Waals surface area contributed by atoms with Gasteiger partial charge in [0, 0.05) is 33.4 Å². The summed E-state index contributed by atoms with van der Waals surface area (Å²) in [5.41, 5.74) is 0. The van der Waals surface area contributed by atoms with Gasteiger partial charge in [-0.1, -0.05) is 0 Å². The predicted octanol–water partition coefficient (Wildman–Crippen LogP) is 0.377. The Morgan fingerprint density at radius 2 is 1.89 bits per heavy atom. The summed E-state index contributed by atoms with van der Waals surface area (Å²) in [6.07, 6.45) is 2.97. The van der Waals surface area contributed by atoms with Gasteiger partial charge in [0.05, 0.1) is 6.61 Å². The van der Waals surface area contributed by atoms with Crippen LogP contribution in [0.1, 0.15) is 19.8 Å². The summed E-state index contributed by atoms with van der Waals surface area (Å²) in [5, 5.41) is 0. The Kier molecular flexibility index (Phi) is 4.75. The van der Waals surface area contributed by atoms with Gasteiger partial charge >= 0.3 is 5.97 Å². The van der Waals surface area contributed by atoms with Crippen LogP contribution in [0.15, 0.2) is 11.1 Å². The van der Waals surface area contributed by atoms with E-state index in [0.29, 0.717) is 0 Å². The Bertz CT molecular complexity index is 438. The van der Waals surface area contributed by atoms with Crippen molar-refractivity contribution in [2.45, 2.75) is 25.8 Å². The second-order valence-corrected chi connectivity index (χ2v) is 6.40. The average molecular weight is 276 g/mol. The lowest BCUT2D eigenvalue weighted by atomic mass is 10.6. The molecule has 0 aromatic carbocycles. The first-order valence-corrected chi connectivity index (χ1v) is 7.28. The monoisotopic (exact) mass is 276 g/mol. The SMILES string of the molecule is CCOC(=O)/C(=C\N(C)C)S(=O)(=O)N(C)C1CC1. The zero-order valence-corrected chi connectivity index (χ0v) is 12.0. The second-order valence-electron chi connectivity index (χ2n) is 4.43. The Morgan fingerprint density at radius 1 is 1.33 bits per heavy atom. The van der Waals surface area contributed by atoms with Crippen LogP contribution in [0.4, 0.5) is 0 Å². The molecular weight excluding hydrogens is 256 g/mol. The molecule has 18 heavy (non-hydrogen) atoms. The molecule has 0 aliphatic heterocycles. The van der Waals surface area contributed by atoms with Crippen LogP contribution in [0.2, 0.25) is 0 Å². The lowest BCUT2D eigenvalue weighted by molar-refractivity contribution is -0.137. The third kappa shape index (κ3) is 3.46. The third-order valence-corrected chi connectivity index (χ3v) is 4.45. The fourth-order valence-electron chi connectivity index (χ4n) is 1.45. The molecule has 0 atom stereocenters. The molecule has 7 heteroatoms. The minimum absolute atomic E-state index is 0.00925. The fourth-order valence-corrected chi connectivity index (χ4v) is 2.98. The molecule has 0 radical (unpaired) electrons. The standard InChI is InChI=1S/C11H20N2O4S/c1-5-17-11(14)10(8-12(2)3)18(15,16)13(4)9-6-7-9/h8-9H,5-7H2,1-4H3/b10-8+. The Balaban J connectivity index is 3.05. The highest BCUT2D eigenvalue weighted by Crippen LogP contribution is 2.30. The van der Waals surface area contributed by atoms with E-state index in [4.69, 9.17) is 4.74 Å². The van der Waals surface area contributed by atoms with E-state index in [1.165, 1.54) is 22.5 Å². The van der Waals surface area contributed by atoms with Gasteiger partial charge in [0.15, 0.2) is 4.91 Å². The lowest BCUT2D eigenvalue weighted by Gasteiger charge is -2.19. The van der Waals surface area contributed by atoms with Crippen LogP contribution in [-0.4, -0.2) is 57.4 Å². The van der Waals surface area contributed by atoms with Gasteiger partial charge in [0.1, 0.15) is 0 Å². The molecule has 0 N–H and O–H groups in total. The van der Waals surface area contributed by atoms with Crippen molar-refractivity contribution in [1.29, 1.82) is 0 Å². The molecule has 0 heterocycles. The first-order valence-electron chi connectivity index (χ1n) is 5.84. The lowest BCUT2D eigenvalue weighted by Crippen LogP contribution is -2.34. The van der Waals surface area contributed by atoms with Crippen molar-refractivity contribution >= 4 is 16.0 Å². The number of carbonyl (C=O) groups is 1. The van der Waals surface area contributed by atoms with Crippen LogP contribution in [0.5, 0.6) is 0 Å². The van der Waals surface area contributed by atoms with E-state index >= 15 is 0 Å². The van der Waals surface area contributed by atoms with Crippen molar-refractivity contribution in [1.82, 2.24) is 9.21 Å². The smallest absolute Gasteiger partial charge is 0.352 e.